The quantitative estimate of drug-likeness (QED) is 0.661. The van der Waals surface area contributed by atoms with Gasteiger partial charge in [0.05, 0.1) is 6.54 Å². The Morgan fingerprint density at radius 1 is 1.33 bits per heavy atom. The maximum atomic E-state index is 12.5. The van der Waals surface area contributed by atoms with E-state index in [9.17, 15) is 13.2 Å². The molecule has 0 bridgehead atoms. The molecule has 2 heterocycles. The topological polar surface area (TPSA) is 34.0 Å². The van der Waals surface area contributed by atoms with Crippen LogP contribution in [0, 0.1) is 0 Å². The minimum atomic E-state index is -4.42. The number of likely N-dealkylation sites (N-methyl/N-ethyl adjacent to an activating group) is 1. The number of fused-ring (bicyclic) bond motifs is 1. The van der Waals surface area contributed by atoms with Crippen LogP contribution >= 0.6 is 0 Å². The van der Waals surface area contributed by atoms with Crippen LogP contribution in [-0.4, -0.2) is 33.3 Å². The smallest absolute Gasteiger partial charge is 0.302 e. The van der Waals surface area contributed by atoms with Gasteiger partial charge in [-0.05, 0) is 14.0 Å². The zero-order valence-electron chi connectivity index (χ0n) is 8.41. The molecule has 0 spiro atoms. The summed E-state index contributed by atoms with van der Waals surface area (Å²) in [6.07, 6.45) is -4.42. The fraction of sp³-hybridized carbons (Fsp3) is 0.750. The van der Waals surface area contributed by atoms with Crippen molar-refractivity contribution in [3.63, 3.8) is 0 Å². The van der Waals surface area contributed by atoms with Gasteiger partial charge in [0.2, 0.25) is 5.82 Å². The zero-order chi connectivity index (χ0) is 11.2. The maximum absolute atomic E-state index is 12.5. The molecule has 15 heavy (non-hydrogen) atoms. The second-order valence-electron chi connectivity index (χ2n) is 3.85. The molecule has 0 radical (unpaired) electrons. The van der Waals surface area contributed by atoms with Crippen LogP contribution in [0.15, 0.2) is 0 Å². The van der Waals surface area contributed by atoms with Crippen molar-refractivity contribution in [2.24, 2.45) is 0 Å². The molecule has 0 aliphatic carbocycles. The lowest BCUT2D eigenvalue weighted by atomic mass is 10.2. The van der Waals surface area contributed by atoms with E-state index in [1.54, 1.807) is 6.92 Å². The van der Waals surface area contributed by atoms with Crippen LogP contribution in [0.5, 0.6) is 0 Å². The summed E-state index contributed by atoms with van der Waals surface area (Å²) in [7, 11) is 1.85. The number of hydrogen-bond acceptors (Lipinski definition) is 3. The molecule has 1 aliphatic rings. The zero-order valence-corrected chi connectivity index (χ0v) is 8.41. The first-order valence-corrected chi connectivity index (χ1v) is 4.59. The first-order chi connectivity index (χ1) is 6.89. The Bertz CT molecular complexity index is 370. The molecule has 84 valence electrons. The summed E-state index contributed by atoms with van der Waals surface area (Å²) >= 11 is 0. The Balaban J connectivity index is 2.46. The summed E-state index contributed by atoms with van der Waals surface area (Å²) in [6, 6.07) is -0.245. The van der Waals surface area contributed by atoms with E-state index in [0.717, 1.165) is 0 Å². The summed E-state index contributed by atoms with van der Waals surface area (Å²) < 4.78 is 38.8. The number of aromatic nitrogens is 3. The number of nitrogens with zero attached hydrogens (tertiary/aromatic N) is 4. The van der Waals surface area contributed by atoms with E-state index >= 15 is 0 Å². The van der Waals surface area contributed by atoms with Crippen LogP contribution in [0.25, 0.3) is 0 Å². The van der Waals surface area contributed by atoms with Gasteiger partial charge in [-0.3, -0.25) is 4.90 Å². The Labute approximate surface area is 84.7 Å². The summed E-state index contributed by atoms with van der Waals surface area (Å²) in [6.45, 7) is 2.72. The lowest BCUT2D eigenvalue weighted by molar-refractivity contribution is -0.148. The second-order valence-corrected chi connectivity index (χ2v) is 3.85. The fourth-order valence-corrected chi connectivity index (χ4v) is 1.93. The molecular weight excluding hydrogens is 209 g/mol. The molecule has 0 amide bonds. The van der Waals surface area contributed by atoms with Gasteiger partial charge in [0.1, 0.15) is 5.82 Å². The average molecular weight is 220 g/mol. The highest BCUT2D eigenvalue weighted by molar-refractivity contribution is 5.04. The molecule has 4 nitrogen and oxygen atoms in total. The third-order valence-electron chi connectivity index (χ3n) is 2.45. The minimum Gasteiger partial charge on any atom is -0.302 e. The van der Waals surface area contributed by atoms with Crippen molar-refractivity contribution < 1.29 is 13.2 Å². The van der Waals surface area contributed by atoms with E-state index in [-0.39, 0.29) is 6.04 Å². The molecular formula is C8H11F3N4. The molecule has 1 aromatic rings. The van der Waals surface area contributed by atoms with Gasteiger partial charge < -0.3 is 4.57 Å². The van der Waals surface area contributed by atoms with Gasteiger partial charge >= 0.3 is 6.18 Å². The van der Waals surface area contributed by atoms with Crippen molar-refractivity contribution in [1.82, 2.24) is 19.7 Å². The van der Waals surface area contributed by atoms with Crippen LogP contribution in [0.2, 0.25) is 0 Å². The number of rotatable bonds is 0. The molecule has 0 aromatic carbocycles. The van der Waals surface area contributed by atoms with Gasteiger partial charge in [-0.25, -0.2) is 0 Å². The molecule has 0 saturated heterocycles. The first-order valence-electron chi connectivity index (χ1n) is 4.59. The summed E-state index contributed by atoms with van der Waals surface area (Å²) in [5.74, 6) is -0.512. The Morgan fingerprint density at radius 3 is 2.60 bits per heavy atom. The van der Waals surface area contributed by atoms with E-state index in [1.165, 1.54) is 4.57 Å². The first kappa shape index (κ1) is 10.4. The van der Waals surface area contributed by atoms with Crippen molar-refractivity contribution >= 4 is 0 Å². The molecule has 7 heteroatoms. The summed E-state index contributed by atoms with van der Waals surface area (Å²) in [5.41, 5.74) is 0. The Morgan fingerprint density at radius 2 is 2.00 bits per heavy atom. The third kappa shape index (κ3) is 1.71. The third-order valence-corrected chi connectivity index (χ3v) is 2.45. The highest BCUT2D eigenvalue weighted by Gasteiger charge is 2.40. The maximum Gasteiger partial charge on any atom is 0.451 e. The molecule has 0 fully saturated rings. The van der Waals surface area contributed by atoms with Crippen molar-refractivity contribution in [2.75, 3.05) is 13.6 Å². The lowest BCUT2D eigenvalue weighted by Gasteiger charge is -2.29. The number of hydrogen-bond donors (Lipinski definition) is 0. The van der Waals surface area contributed by atoms with Gasteiger partial charge in [0, 0.05) is 12.6 Å². The molecule has 0 N–H and O–H groups in total. The molecule has 1 aromatic heterocycles. The fourth-order valence-electron chi connectivity index (χ4n) is 1.93. The van der Waals surface area contributed by atoms with Crippen LogP contribution in [0.3, 0.4) is 0 Å². The highest BCUT2D eigenvalue weighted by Crippen LogP contribution is 2.32. The normalized spacial score (nSPS) is 22.9. The van der Waals surface area contributed by atoms with Gasteiger partial charge in [0.25, 0.3) is 0 Å². The predicted octanol–water partition coefficient (Wildman–Crippen LogP) is 1.30. The molecule has 0 saturated carbocycles. The van der Waals surface area contributed by atoms with E-state index in [2.05, 4.69) is 10.2 Å². The monoisotopic (exact) mass is 220 g/mol. The van der Waals surface area contributed by atoms with Crippen molar-refractivity contribution in [2.45, 2.75) is 25.7 Å². The average Bonchev–Trinajstić information content (AvgIpc) is 2.45. The SMILES string of the molecule is CC1CN(C)Cc2nnc(C(F)(F)F)n21. The van der Waals surface area contributed by atoms with E-state index in [4.69, 9.17) is 0 Å². The van der Waals surface area contributed by atoms with E-state index < -0.39 is 12.0 Å². The standard InChI is InChI=1S/C8H11F3N4/c1-5-3-14(2)4-6-12-13-7(15(5)6)8(9,10)11/h5H,3-4H2,1-2H3. The number of halogens is 3. The lowest BCUT2D eigenvalue weighted by Crippen LogP contribution is -2.35. The van der Waals surface area contributed by atoms with Crippen LogP contribution in [0.1, 0.15) is 24.6 Å². The van der Waals surface area contributed by atoms with Gasteiger partial charge in [0.15, 0.2) is 0 Å². The number of alkyl halides is 3. The molecule has 1 atom stereocenters. The Kier molecular flexibility index (Phi) is 2.22. The summed E-state index contributed by atoms with van der Waals surface area (Å²) in [5, 5.41) is 6.79. The van der Waals surface area contributed by atoms with Gasteiger partial charge in [-0.2, -0.15) is 13.2 Å². The van der Waals surface area contributed by atoms with Gasteiger partial charge in [-0.1, -0.05) is 0 Å². The van der Waals surface area contributed by atoms with Gasteiger partial charge in [-0.15, -0.1) is 10.2 Å². The minimum absolute atomic E-state index is 0.245. The van der Waals surface area contributed by atoms with Crippen LogP contribution in [0.4, 0.5) is 13.2 Å². The summed E-state index contributed by atoms with van der Waals surface area (Å²) in [4.78, 5) is 1.93. The van der Waals surface area contributed by atoms with E-state index in [0.29, 0.717) is 18.9 Å². The van der Waals surface area contributed by atoms with E-state index in [1.807, 2.05) is 11.9 Å². The van der Waals surface area contributed by atoms with Crippen molar-refractivity contribution in [3.8, 4) is 0 Å². The van der Waals surface area contributed by atoms with Crippen LogP contribution < -0.4 is 0 Å². The molecule has 1 aliphatic heterocycles. The second kappa shape index (κ2) is 3.19. The van der Waals surface area contributed by atoms with Crippen LogP contribution in [-0.2, 0) is 12.7 Å². The highest BCUT2D eigenvalue weighted by atomic mass is 19.4. The molecule has 1 unspecified atom stereocenters. The van der Waals surface area contributed by atoms with Crippen molar-refractivity contribution in [1.29, 1.82) is 0 Å². The van der Waals surface area contributed by atoms with Crippen molar-refractivity contribution in [3.05, 3.63) is 11.6 Å². The Hall–Kier alpha value is -1.11. The largest absolute Gasteiger partial charge is 0.451 e. The molecule has 2 rings (SSSR count). The predicted molar refractivity (Wildman–Crippen MR) is 46.1 cm³/mol.